The molecule has 1 aliphatic rings. The first-order chi connectivity index (χ1) is 9.63. The van der Waals surface area contributed by atoms with Gasteiger partial charge in [-0.05, 0) is 12.5 Å². The van der Waals surface area contributed by atoms with E-state index in [0.717, 1.165) is 0 Å². The van der Waals surface area contributed by atoms with Gasteiger partial charge < -0.3 is 10.6 Å². The second-order valence-corrected chi connectivity index (χ2v) is 4.30. The molecule has 1 atom stereocenters. The number of carbonyl (C=O) groups is 2. The lowest BCUT2D eigenvalue weighted by Gasteiger charge is -2.27. The number of benzene rings is 1. The van der Waals surface area contributed by atoms with Crippen molar-refractivity contribution in [2.45, 2.75) is 13.0 Å². The Labute approximate surface area is 115 Å². The molecule has 0 bridgehead atoms. The predicted octanol–water partition coefficient (Wildman–Crippen LogP) is 2.13. The van der Waals surface area contributed by atoms with Gasteiger partial charge in [-0.2, -0.15) is 0 Å². The van der Waals surface area contributed by atoms with Crippen molar-refractivity contribution in [3.8, 4) is 0 Å². The molecule has 0 saturated carbocycles. The molecule has 1 unspecified atom stereocenters. The van der Waals surface area contributed by atoms with E-state index in [1.807, 2.05) is 6.07 Å². The Hall–Kier alpha value is -2.79. The summed E-state index contributed by atoms with van der Waals surface area (Å²) in [5.74, 6) is -0.200. The third-order valence-corrected chi connectivity index (χ3v) is 2.97. The Balaban J connectivity index is 2.38. The third kappa shape index (κ3) is 2.78. The van der Waals surface area contributed by atoms with Crippen molar-refractivity contribution in [3.05, 3.63) is 57.6 Å². The van der Waals surface area contributed by atoms with Crippen molar-refractivity contribution in [3.63, 3.8) is 0 Å². The average Bonchev–Trinajstić information content (AvgIpc) is 2.45. The molecule has 7 nitrogen and oxygen atoms in total. The Bertz CT molecular complexity index is 617. The fourth-order valence-corrected chi connectivity index (χ4v) is 2.09. The van der Waals surface area contributed by atoms with Gasteiger partial charge in [0.15, 0.2) is 5.78 Å². The Morgan fingerprint density at radius 1 is 1.40 bits per heavy atom. The van der Waals surface area contributed by atoms with E-state index in [2.05, 4.69) is 20.7 Å². The topological polar surface area (TPSA) is 107 Å². The number of amides is 2. The molecule has 20 heavy (non-hydrogen) atoms. The summed E-state index contributed by atoms with van der Waals surface area (Å²) in [6.45, 7) is 1.65. The van der Waals surface area contributed by atoms with Crippen molar-refractivity contribution >= 4 is 11.8 Å². The lowest BCUT2D eigenvalue weighted by molar-refractivity contribution is 0.102. The third-order valence-electron chi connectivity index (χ3n) is 2.97. The van der Waals surface area contributed by atoms with Gasteiger partial charge >= 0.3 is 6.03 Å². The minimum Gasteiger partial charge on any atom is -0.331 e. The Kier molecular flexibility index (Phi) is 4.02. The molecule has 0 aliphatic carbocycles. The maximum atomic E-state index is 12.5. The average molecular weight is 271 g/mol. The van der Waals surface area contributed by atoms with Crippen LogP contribution in [-0.2, 0) is 0 Å². The van der Waals surface area contributed by atoms with Gasteiger partial charge in [-0.25, -0.2) is 4.79 Å². The minimum absolute atomic E-state index is 0.00479. The normalized spacial score (nSPS) is 17.9. The molecule has 0 saturated heterocycles. The van der Waals surface area contributed by atoms with Crippen molar-refractivity contribution in [2.24, 2.45) is 5.11 Å². The number of urea groups is 1. The zero-order chi connectivity index (χ0) is 14.5. The highest BCUT2D eigenvalue weighted by Gasteiger charge is 2.29. The summed E-state index contributed by atoms with van der Waals surface area (Å²) < 4.78 is 0. The van der Waals surface area contributed by atoms with Crippen LogP contribution < -0.4 is 10.6 Å². The fraction of sp³-hybridized carbons (Fsp3) is 0.231. The number of carbonyl (C=O) groups excluding carboxylic acids is 2. The minimum atomic E-state index is -0.618. The first-order valence-corrected chi connectivity index (χ1v) is 6.02. The Morgan fingerprint density at radius 2 is 2.10 bits per heavy atom. The largest absolute Gasteiger partial charge is 0.331 e. The van der Waals surface area contributed by atoms with Gasteiger partial charge in [-0.1, -0.05) is 35.4 Å². The van der Waals surface area contributed by atoms with Gasteiger partial charge in [0.1, 0.15) is 0 Å². The van der Waals surface area contributed by atoms with Crippen molar-refractivity contribution < 1.29 is 9.59 Å². The van der Waals surface area contributed by atoms with E-state index in [9.17, 15) is 9.59 Å². The van der Waals surface area contributed by atoms with Crippen LogP contribution >= 0.6 is 0 Å². The first-order valence-electron chi connectivity index (χ1n) is 6.02. The number of hydrogen-bond donors (Lipinski definition) is 2. The lowest BCUT2D eigenvalue weighted by Crippen LogP contribution is -2.51. The predicted molar refractivity (Wildman–Crippen MR) is 72.9 cm³/mol. The summed E-state index contributed by atoms with van der Waals surface area (Å²) >= 11 is 0. The highest BCUT2D eigenvalue weighted by molar-refractivity contribution is 6.11. The number of allylic oxidation sites excluding steroid dienone is 1. The summed E-state index contributed by atoms with van der Waals surface area (Å²) in [6.07, 6.45) is 0. The highest BCUT2D eigenvalue weighted by atomic mass is 16.2. The summed E-state index contributed by atoms with van der Waals surface area (Å²) in [5.41, 5.74) is 9.80. The lowest BCUT2D eigenvalue weighted by atomic mass is 9.94. The molecule has 1 aliphatic heterocycles. The van der Waals surface area contributed by atoms with E-state index in [-0.39, 0.29) is 12.3 Å². The summed E-state index contributed by atoms with van der Waals surface area (Å²) in [7, 11) is 0. The second-order valence-electron chi connectivity index (χ2n) is 4.30. The molecular weight excluding hydrogens is 258 g/mol. The fourth-order valence-electron chi connectivity index (χ4n) is 2.09. The monoisotopic (exact) mass is 271 g/mol. The molecular formula is C13H13N5O2. The van der Waals surface area contributed by atoms with Crippen LogP contribution in [-0.4, -0.2) is 24.4 Å². The van der Waals surface area contributed by atoms with Crippen LogP contribution in [0.5, 0.6) is 0 Å². The smallest absolute Gasteiger partial charge is 0.319 e. The number of ketones is 1. The SMILES string of the molecule is CC1=C(C(=O)c2ccccc2)C(CN=[N+]=[N-])NC(=O)N1. The molecule has 0 aromatic heterocycles. The van der Waals surface area contributed by atoms with E-state index in [0.29, 0.717) is 16.8 Å². The molecule has 102 valence electrons. The van der Waals surface area contributed by atoms with Crippen LogP contribution in [0.25, 0.3) is 10.4 Å². The number of azide groups is 1. The van der Waals surface area contributed by atoms with Crippen LogP contribution in [0.4, 0.5) is 4.79 Å². The molecule has 1 aromatic carbocycles. The van der Waals surface area contributed by atoms with Crippen molar-refractivity contribution in [2.75, 3.05) is 6.54 Å². The van der Waals surface area contributed by atoms with E-state index in [1.54, 1.807) is 31.2 Å². The maximum Gasteiger partial charge on any atom is 0.319 e. The van der Waals surface area contributed by atoms with Gasteiger partial charge in [-0.15, -0.1) is 0 Å². The number of hydrogen-bond acceptors (Lipinski definition) is 3. The van der Waals surface area contributed by atoms with Crippen LogP contribution in [0, 0.1) is 0 Å². The molecule has 1 heterocycles. The van der Waals surface area contributed by atoms with Gasteiger partial charge in [0.2, 0.25) is 0 Å². The van der Waals surface area contributed by atoms with Crippen molar-refractivity contribution in [1.29, 1.82) is 0 Å². The molecule has 2 rings (SSSR count). The van der Waals surface area contributed by atoms with Crippen molar-refractivity contribution in [1.82, 2.24) is 10.6 Å². The maximum absolute atomic E-state index is 12.5. The molecule has 0 spiro atoms. The van der Waals surface area contributed by atoms with Crippen LogP contribution in [0.2, 0.25) is 0 Å². The van der Waals surface area contributed by atoms with E-state index < -0.39 is 12.1 Å². The highest BCUT2D eigenvalue weighted by Crippen LogP contribution is 2.18. The first kappa shape index (κ1) is 13.6. The van der Waals surface area contributed by atoms with Gasteiger partial charge in [0, 0.05) is 21.7 Å². The van der Waals surface area contributed by atoms with E-state index in [1.165, 1.54) is 0 Å². The number of nitrogens with one attached hydrogen (secondary N) is 2. The second kappa shape index (κ2) is 5.90. The number of nitrogens with zero attached hydrogens (tertiary/aromatic N) is 3. The molecule has 2 N–H and O–H groups in total. The molecule has 2 amide bonds. The summed E-state index contributed by atoms with van der Waals surface area (Å²) in [4.78, 5) is 26.6. The van der Waals surface area contributed by atoms with Crippen LogP contribution in [0.3, 0.4) is 0 Å². The molecule has 7 heteroatoms. The molecule has 1 aromatic rings. The molecule has 0 radical (unpaired) electrons. The van der Waals surface area contributed by atoms with E-state index >= 15 is 0 Å². The summed E-state index contributed by atoms with van der Waals surface area (Å²) in [6, 6.07) is 7.71. The van der Waals surface area contributed by atoms with E-state index in [4.69, 9.17) is 5.53 Å². The number of rotatable bonds is 4. The van der Waals surface area contributed by atoms with Gasteiger partial charge in [-0.3, -0.25) is 4.79 Å². The quantitative estimate of drug-likeness (QED) is 0.379. The zero-order valence-corrected chi connectivity index (χ0v) is 10.8. The number of Topliss-reactive ketones (excluding diaryl/α,β-unsaturated/α-hetero) is 1. The van der Waals surface area contributed by atoms with Crippen LogP contribution in [0.1, 0.15) is 17.3 Å². The van der Waals surface area contributed by atoms with Gasteiger partial charge in [0.25, 0.3) is 0 Å². The molecule has 0 fully saturated rings. The Morgan fingerprint density at radius 3 is 2.75 bits per heavy atom. The zero-order valence-electron chi connectivity index (χ0n) is 10.8. The van der Waals surface area contributed by atoms with Crippen LogP contribution in [0.15, 0.2) is 46.7 Å². The standard InChI is InChI=1S/C13H13N5O2/c1-8-11(12(19)9-5-3-2-4-6-9)10(7-15-18-14)17-13(20)16-8/h2-6,10H,7H2,1H3,(H2,16,17,20). The summed E-state index contributed by atoms with van der Waals surface area (Å²) in [5, 5.41) is 8.59. The van der Waals surface area contributed by atoms with Gasteiger partial charge in [0.05, 0.1) is 12.6 Å².